The van der Waals surface area contributed by atoms with Gasteiger partial charge in [-0.25, -0.2) is 4.79 Å². The van der Waals surface area contributed by atoms with Crippen LogP contribution in [0, 0.1) is 0 Å². The Bertz CT molecular complexity index is 248. The number of carbonyl (C=O) groups is 1. The maximum absolute atomic E-state index is 12.0. The molecule has 1 aliphatic heterocycles. The SMILES string of the molecule is CC[C@@H]1CN(C(=O)OC(C)(C)C)[C@@H](C)CN1. The Morgan fingerprint density at radius 3 is 2.62 bits per heavy atom. The van der Waals surface area contributed by atoms with Gasteiger partial charge in [0.2, 0.25) is 0 Å². The Labute approximate surface area is 98.3 Å². The topological polar surface area (TPSA) is 41.6 Å². The molecule has 1 N–H and O–H groups in total. The summed E-state index contributed by atoms with van der Waals surface area (Å²) in [7, 11) is 0. The summed E-state index contributed by atoms with van der Waals surface area (Å²) in [5.41, 5.74) is -0.413. The number of piperazine rings is 1. The molecule has 0 aromatic heterocycles. The smallest absolute Gasteiger partial charge is 0.410 e. The van der Waals surface area contributed by atoms with Crippen LogP contribution in [0.15, 0.2) is 0 Å². The van der Waals surface area contributed by atoms with Crippen LogP contribution in [0.25, 0.3) is 0 Å². The molecule has 1 amide bonds. The van der Waals surface area contributed by atoms with Crippen molar-refractivity contribution in [3.05, 3.63) is 0 Å². The molecular formula is C12H24N2O2. The molecule has 0 aromatic carbocycles. The van der Waals surface area contributed by atoms with Crippen molar-refractivity contribution in [2.45, 2.75) is 58.7 Å². The minimum atomic E-state index is -0.413. The summed E-state index contributed by atoms with van der Waals surface area (Å²) in [5, 5.41) is 3.42. The van der Waals surface area contributed by atoms with E-state index in [4.69, 9.17) is 4.74 Å². The first-order chi connectivity index (χ1) is 7.33. The number of nitrogens with one attached hydrogen (secondary N) is 1. The third-order valence-electron chi connectivity index (χ3n) is 2.77. The molecule has 0 aliphatic carbocycles. The number of nitrogens with zero attached hydrogens (tertiary/aromatic N) is 1. The Kier molecular flexibility index (Phi) is 4.19. The molecule has 0 spiro atoms. The second-order valence-electron chi connectivity index (χ2n) is 5.50. The van der Waals surface area contributed by atoms with Gasteiger partial charge in [0.15, 0.2) is 0 Å². The quantitative estimate of drug-likeness (QED) is 0.746. The summed E-state index contributed by atoms with van der Waals surface area (Å²) in [6, 6.07) is 0.598. The minimum absolute atomic E-state index is 0.194. The number of hydrogen-bond acceptors (Lipinski definition) is 3. The molecule has 0 unspecified atom stereocenters. The van der Waals surface area contributed by atoms with Gasteiger partial charge in [0, 0.05) is 25.2 Å². The van der Waals surface area contributed by atoms with Crippen LogP contribution >= 0.6 is 0 Å². The van der Waals surface area contributed by atoms with Gasteiger partial charge in [-0.1, -0.05) is 6.92 Å². The maximum Gasteiger partial charge on any atom is 0.410 e. The van der Waals surface area contributed by atoms with Gasteiger partial charge in [0.05, 0.1) is 0 Å². The van der Waals surface area contributed by atoms with Crippen molar-refractivity contribution in [3.63, 3.8) is 0 Å². The first kappa shape index (κ1) is 13.3. The molecule has 4 heteroatoms. The fraction of sp³-hybridized carbons (Fsp3) is 0.917. The van der Waals surface area contributed by atoms with E-state index in [2.05, 4.69) is 12.2 Å². The van der Waals surface area contributed by atoms with E-state index in [0.29, 0.717) is 6.04 Å². The van der Waals surface area contributed by atoms with E-state index >= 15 is 0 Å². The molecule has 1 rings (SSSR count). The van der Waals surface area contributed by atoms with E-state index in [0.717, 1.165) is 19.5 Å². The summed E-state index contributed by atoms with van der Waals surface area (Å²) in [6.07, 6.45) is 0.839. The third kappa shape index (κ3) is 3.67. The lowest BCUT2D eigenvalue weighted by Gasteiger charge is -2.39. The van der Waals surface area contributed by atoms with Gasteiger partial charge < -0.3 is 15.0 Å². The summed E-state index contributed by atoms with van der Waals surface area (Å²) < 4.78 is 5.40. The molecule has 94 valence electrons. The lowest BCUT2D eigenvalue weighted by molar-refractivity contribution is 0.00952. The molecule has 0 radical (unpaired) electrons. The molecule has 4 nitrogen and oxygen atoms in total. The number of carbonyl (C=O) groups excluding carboxylic acids is 1. The molecule has 0 bridgehead atoms. The lowest BCUT2D eigenvalue weighted by atomic mass is 10.1. The summed E-state index contributed by atoms with van der Waals surface area (Å²) >= 11 is 0. The van der Waals surface area contributed by atoms with E-state index in [1.807, 2.05) is 32.6 Å². The Hall–Kier alpha value is -0.770. The molecule has 1 fully saturated rings. The lowest BCUT2D eigenvalue weighted by Crippen LogP contribution is -2.57. The Morgan fingerprint density at radius 2 is 2.12 bits per heavy atom. The van der Waals surface area contributed by atoms with E-state index in [9.17, 15) is 4.79 Å². The second-order valence-corrected chi connectivity index (χ2v) is 5.50. The zero-order chi connectivity index (χ0) is 12.3. The van der Waals surface area contributed by atoms with Crippen molar-refractivity contribution in [2.75, 3.05) is 13.1 Å². The van der Waals surface area contributed by atoms with Crippen molar-refractivity contribution in [3.8, 4) is 0 Å². The molecule has 0 aromatic rings. The fourth-order valence-corrected chi connectivity index (χ4v) is 1.78. The second kappa shape index (κ2) is 5.04. The summed E-state index contributed by atoms with van der Waals surface area (Å²) in [5.74, 6) is 0. The number of rotatable bonds is 1. The largest absolute Gasteiger partial charge is 0.444 e. The van der Waals surface area contributed by atoms with Crippen LogP contribution in [-0.2, 0) is 4.74 Å². The molecule has 1 saturated heterocycles. The molecule has 16 heavy (non-hydrogen) atoms. The van der Waals surface area contributed by atoms with Gasteiger partial charge in [0.1, 0.15) is 5.60 Å². The Morgan fingerprint density at radius 1 is 1.50 bits per heavy atom. The van der Waals surface area contributed by atoms with Crippen molar-refractivity contribution in [2.24, 2.45) is 0 Å². The van der Waals surface area contributed by atoms with Crippen LogP contribution in [-0.4, -0.2) is 41.8 Å². The van der Waals surface area contributed by atoms with Gasteiger partial charge >= 0.3 is 6.09 Å². The van der Waals surface area contributed by atoms with E-state index in [1.165, 1.54) is 0 Å². The van der Waals surface area contributed by atoms with Crippen LogP contribution in [0.1, 0.15) is 41.0 Å². The Balaban J connectivity index is 2.59. The fourth-order valence-electron chi connectivity index (χ4n) is 1.78. The highest BCUT2D eigenvalue weighted by atomic mass is 16.6. The summed E-state index contributed by atoms with van der Waals surface area (Å²) in [6.45, 7) is 11.5. The van der Waals surface area contributed by atoms with Crippen molar-refractivity contribution in [1.29, 1.82) is 0 Å². The first-order valence-corrected chi connectivity index (χ1v) is 6.06. The zero-order valence-electron chi connectivity index (χ0n) is 11.0. The number of amides is 1. The highest BCUT2D eigenvalue weighted by molar-refractivity contribution is 5.68. The average Bonchev–Trinajstić information content (AvgIpc) is 2.15. The van der Waals surface area contributed by atoms with Crippen molar-refractivity contribution in [1.82, 2.24) is 10.2 Å². The normalized spacial score (nSPS) is 26.7. The zero-order valence-corrected chi connectivity index (χ0v) is 11.0. The minimum Gasteiger partial charge on any atom is -0.444 e. The third-order valence-corrected chi connectivity index (χ3v) is 2.77. The average molecular weight is 228 g/mol. The molecule has 1 aliphatic rings. The van der Waals surface area contributed by atoms with Crippen LogP contribution in [0.2, 0.25) is 0 Å². The van der Waals surface area contributed by atoms with Crippen LogP contribution < -0.4 is 5.32 Å². The van der Waals surface area contributed by atoms with Crippen molar-refractivity contribution < 1.29 is 9.53 Å². The van der Waals surface area contributed by atoms with Crippen molar-refractivity contribution >= 4 is 6.09 Å². The predicted molar refractivity (Wildman–Crippen MR) is 64.5 cm³/mol. The first-order valence-electron chi connectivity index (χ1n) is 6.06. The van der Waals surface area contributed by atoms with Gasteiger partial charge in [-0.3, -0.25) is 0 Å². The summed E-state index contributed by atoms with van der Waals surface area (Å²) in [4.78, 5) is 13.8. The highest BCUT2D eigenvalue weighted by Gasteiger charge is 2.30. The molecule has 0 saturated carbocycles. The highest BCUT2D eigenvalue weighted by Crippen LogP contribution is 2.15. The monoisotopic (exact) mass is 228 g/mol. The van der Waals surface area contributed by atoms with E-state index < -0.39 is 5.60 Å². The van der Waals surface area contributed by atoms with Crippen LogP contribution in [0.3, 0.4) is 0 Å². The van der Waals surface area contributed by atoms with Crippen LogP contribution in [0.4, 0.5) is 4.79 Å². The van der Waals surface area contributed by atoms with Gasteiger partial charge in [-0.15, -0.1) is 0 Å². The van der Waals surface area contributed by atoms with E-state index in [1.54, 1.807) is 0 Å². The van der Waals surface area contributed by atoms with Gasteiger partial charge in [-0.05, 0) is 34.1 Å². The predicted octanol–water partition coefficient (Wildman–Crippen LogP) is 1.99. The maximum atomic E-state index is 12.0. The number of ether oxygens (including phenoxy) is 1. The molecule has 2 atom stereocenters. The van der Waals surface area contributed by atoms with Crippen LogP contribution in [0.5, 0.6) is 0 Å². The van der Waals surface area contributed by atoms with Gasteiger partial charge in [0.25, 0.3) is 0 Å². The number of hydrogen-bond donors (Lipinski definition) is 1. The standard InChI is InChI=1S/C12H24N2O2/c1-6-10-8-14(9(2)7-13-10)11(15)16-12(3,4)5/h9-10,13H,6-8H2,1-5H3/t9-,10+/m0/s1. The molecular weight excluding hydrogens is 204 g/mol. The van der Waals surface area contributed by atoms with E-state index in [-0.39, 0.29) is 12.1 Å². The van der Waals surface area contributed by atoms with Gasteiger partial charge in [-0.2, -0.15) is 0 Å². The molecule has 1 heterocycles.